The number of ketones is 1. The highest BCUT2D eigenvalue weighted by Gasteiger charge is 2.39. The van der Waals surface area contributed by atoms with Crippen LogP contribution in [0, 0.1) is 3.57 Å². The number of aliphatic hydroxyl groups is 1. The van der Waals surface area contributed by atoms with Gasteiger partial charge in [-0.1, -0.05) is 0 Å². The van der Waals surface area contributed by atoms with E-state index in [9.17, 15) is 24.3 Å². The third-order valence-corrected chi connectivity index (χ3v) is 4.33. The summed E-state index contributed by atoms with van der Waals surface area (Å²) in [4.78, 5) is 48.1. The zero-order valence-electron chi connectivity index (χ0n) is 12.9. The van der Waals surface area contributed by atoms with Gasteiger partial charge < -0.3 is 19.4 Å². The summed E-state index contributed by atoms with van der Waals surface area (Å²) in [5, 5.41) is 9.38. The van der Waals surface area contributed by atoms with Gasteiger partial charge in [-0.05, 0) is 29.5 Å². The highest BCUT2D eigenvalue weighted by atomic mass is 127. The summed E-state index contributed by atoms with van der Waals surface area (Å²) in [6.45, 7) is 0.985. The van der Waals surface area contributed by atoms with Crippen molar-refractivity contribution in [2.75, 3.05) is 6.61 Å². The lowest BCUT2D eigenvalue weighted by Gasteiger charge is -2.16. The van der Waals surface area contributed by atoms with Crippen LogP contribution in [0.15, 0.2) is 15.8 Å². The van der Waals surface area contributed by atoms with Crippen LogP contribution >= 0.6 is 22.6 Å². The van der Waals surface area contributed by atoms with Crippen LogP contribution in [0.4, 0.5) is 0 Å². The number of carbonyl (C=O) groups is 2. The molecule has 0 saturated carbocycles. The van der Waals surface area contributed by atoms with Gasteiger partial charge in [0.2, 0.25) is 0 Å². The second-order valence-corrected chi connectivity index (χ2v) is 6.58. The Kier molecular flexibility index (Phi) is 6.29. The molecular formula is C14H17IN2O7. The molecule has 0 aromatic carbocycles. The molecule has 1 aromatic heterocycles. The number of aromatic nitrogens is 2. The highest BCUT2D eigenvalue weighted by molar-refractivity contribution is 14.1. The summed E-state index contributed by atoms with van der Waals surface area (Å²) in [6, 6.07) is 0. The Morgan fingerprint density at radius 2 is 2.17 bits per heavy atom. The molecule has 0 amide bonds. The van der Waals surface area contributed by atoms with Crippen molar-refractivity contribution in [3.05, 3.63) is 30.6 Å². The van der Waals surface area contributed by atoms with Gasteiger partial charge in [-0.2, -0.15) is 0 Å². The van der Waals surface area contributed by atoms with E-state index in [0.29, 0.717) is 3.57 Å². The maximum absolute atomic E-state index is 11.9. The summed E-state index contributed by atoms with van der Waals surface area (Å²) in [6.07, 6.45) is -0.767. The number of halogens is 1. The van der Waals surface area contributed by atoms with Crippen molar-refractivity contribution in [3.8, 4) is 0 Å². The first-order chi connectivity index (χ1) is 11.3. The lowest BCUT2D eigenvalue weighted by atomic mass is 10.2. The number of nitrogens with one attached hydrogen (secondary N) is 1. The Hall–Kier alpha value is -1.53. The van der Waals surface area contributed by atoms with E-state index in [1.165, 1.54) is 17.7 Å². The number of carbonyl (C=O) groups excluding carboxylic acids is 2. The Morgan fingerprint density at radius 3 is 2.79 bits per heavy atom. The van der Waals surface area contributed by atoms with E-state index in [4.69, 9.17) is 9.47 Å². The van der Waals surface area contributed by atoms with Gasteiger partial charge in [-0.15, -0.1) is 0 Å². The van der Waals surface area contributed by atoms with Gasteiger partial charge >= 0.3 is 11.7 Å². The number of aliphatic hydroxyl groups excluding tert-OH is 1. The van der Waals surface area contributed by atoms with E-state index in [-0.39, 0.29) is 25.0 Å². The molecule has 0 spiro atoms. The van der Waals surface area contributed by atoms with Crippen LogP contribution in [-0.2, 0) is 19.1 Å². The minimum absolute atomic E-state index is 0.0504. The van der Waals surface area contributed by atoms with Crippen molar-refractivity contribution in [2.45, 2.75) is 44.6 Å². The molecule has 132 valence electrons. The van der Waals surface area contributed by atoms with Crippen LogP contribution in [0.2, 0.25) is 0 Å². The molecule has 1 aliphatic rings. The molecule has 0 aliphatic carbocycles. The van der Waals surface area contributed by atoms with Crippen molar-refractivity contribution in [1.82, 2.24) is 9.55 Å². The lowest BCUT2D eigenvalue weighted by molar-refractivity contribution is -0.153. The van der Waals surface area contributed by atoms with Crippen LogP contribution in [0.25, 0.3) is 0 Å². The summed E-state index contributed by atoms with van der Waals surface area (Å²) >= 11 is 1.78. The van der Waals surface area contributed by atoms with Gasteiger partial charge in [0.1, 0.15) is 24.2 Å². The smallest absolute Gasteiger partial charge is 0.330 e. The number of esters is 1. The number of nitrogens with zero attached hydrogens (tertiary/aromatic N) is 1. The van der Waals surface area contributed by atoms with Crippen LogP contribution in [0.3, 0.4) is 0 Å². The predicted octanol–water partition coefficient (Wildman–Crippen LogP) is -0.298. The van der Waals surface area contributed by atoms with Gasteiger partial charge in [0.25, 0.3) is 5.56 Å². The first-order valence-corrected chi connectivity index (χ1v) is 8.36. The fourth-order valence-corrected chi connectivity index (χ4v) is 2.77. The molecular weight excluding hydrogens is 435 g/mol. The molecule has 1 saturated heterocycles. The van der Waals surface area contributed by atoms with Gasteiger partial charge in [0, 0.05) is 19.0 Å². The molecule has 2 rings (SSSR count). The average molecular weight is 452 g/mol. The monoisotopic (exact) mass is 452 g/mol. The molecule has 1 aliphatic heterocycles. The Labute approximate surface area is 150 Å². The number of aromatic amines is 1. The second-order valence-electron chi connectivity index (χ2n) is 5.42. The van der Waals surface area contributed by atoms with Crippen molar-refractivity contribution >= 4 is 34.3 Å². The molecule has 2 heterocycles. The normalized spacial score (nSPS) is 23.2. The zero-order chi connectivity index (χ0) is 17.9. The van der Waals surface area contributed by atoms with E-state index < -0.39 is 42.3 Å². The van der Waals surface area contributed by atoms with Gasteiger partial charge in [0.15, 0.2) is 0 Å². The summed E-state index contributed by atoms with van der Waals surface area (Å²) in [7, 11) is 0. The maximum Gasteiger partial charge on any atom is 0.330 e. The van der Waals surface area contributed by atoms with E-state index in [1.54, 1.807) is 22.6 Å². The topological polar surface area (TPSA) is 128 Å². The summed E-state index contributed by atoms with van der Waals surface area (Å²) in [5.74, 6) is -0.693. The second kappa shape index (κ2) is 8.03. The fourth-order valence-electron chi connectivity index (χ4n) is 2.34. The molecule has 0 bridgehead atoms. The summed E-state index contributed by atoms with van der Waals surface area (Å²) < 4.78 is 12.3. The fraction of sp³-hybridized carbons (Fsp3) is 0.571. The first kappa shape index (κ1) is 18.8. The molecule has 0 unspecified atom stereocenters. The minimum atomic E-state index is -0.784. The molecule has 0 radical (unpaired) electrons. The number of ether oxygens (including phenoxy) is 2. The van der Waals surface area contributed by atoms with E-state index in [1.807, 2.05) is 0 Å². The van der Waals surface area contributed by atoms with Gasteiger partial charge in [-0.3, -0.25) is 19.1 Å². The predicted molar refractivity (Wildman–Crippen MR) is 89.4 cm³/mol. The lowest BCUT2D eigenvalue weighted by Crippen LogP contribution is -2.33. The van der Waals surface area contributed by atoms with Gasteiger partial charge in [0.05, 0.1) is 16.6 Å². The van der Waals surface area contributed by atoms with Crippen LogP contribution in [0.5, 0.6) is 0 Å². The Balaban J connectivity index is 2.10. The van der Waals surface area contributed by atoms with Crippen molar-refractivity contribution in [3.63, 3.8) is 0 Å². The molecule has 3 atom stereocenters. The van der Waals surface area contributed by atoms with E-state index >= 15 is 0 Å². The molecule has 1 aromatic rings. The Morgan fingerprint density at radius 1 is 1.46 bits per heavy atom. The Bertz CT molecular complexity index is 741. The van der Waals surface area contributed by atoms with Crippen molar-refractivity contribution in [1.29, 1.82) is 0 Å². The third-order valence-electron chi connectivity index (χ3n) is 3.56. The van der Waals surface area contributed by atoms with Crippen molar-refractivity contribution < 1.29 is 24.2 Å². The standard InChI is InChI=1S/C14H17IN2O7/c1-7(19)2-3-12(20)24-9-4-11(23-10(9)6-18)17-5-8(15)13(21)16-14(17)22/h5,9-11,18H,2-4,6H2,1H3,(H,16,21,22)/t9-,10+,11+/m0/s1. The maximum atomic E-state index is 11.9. The quantitative estimate of drug-likeness (QED) is 0.448. The first-order valence-electron chi connectivity index (χ1n) is 7.28. The van der Waals surface area contributed by atoms with Crippen molar-refractivity contribution in [2.24, 2.45) is 0 Å². The number of H-pyrrole nitrogens is 1. The van der Waals surface area contributed by atoms with Crippen LogP contribution in [0.1, 0.15) is 32.4 Å². The SMILES string of the molecule is CC(=O)CCC(=O)O[C@H]1C[C@H](n2cc(I)c(=O)[nH]c2=O)O[C@@H]1CO. The minimum Gasteiger partial charge on any atom is -0.459 e. The third kappa shape index (κ3) is 4.51. The van der Waals surface area contributed by atoms with Gasteiger partial charge in [-0.25, -0.2) is 4.79 Å². The average Bonchev–Trinajstić information content (AvgIpc) is 2.91. The molecule has 9 nitrogen and oxygen atoms in total. The number of Topliss-reactive ketones (excluding diaryl/α,β-unsaturated/α-hetero) is 1. The number of hydrogen-bond donors (Lipinski definition) is 2. The molecule has 2 N–H and O–H groups in total. The zero-order valence-corrected chi connectivity index (χ0v) is 15.0. The van der Waals surface area contributed by atoms with Crippen LogP contribution in [-0.4, -0.2) is 45.2 Å². The molecule has 24 heavy (non-hydrogen) atoms. The molecule has 1 fully saturated rings. The molecule has 10 heteroatoms. The van der Waals surface area contributed by atoms with Crippen LogP contribution < -0.4 is 11.2 Å². The number of hydrogen-bond acceptors (Lipinski definition) is 7. The summed E-state index contributed by atoms with van der Waals surface area (Å²) in [5.41, 5.74) is -1.15. The van der Waals surface area contributed by atoms with E-state index in [0.717, 1.165) is 0 Å². The largest absolute Gasteiger partial charge is 0.459 e. The number of rotatable bonds is 6. The van der Waals surface area contributed by atoms with E-state index in [2.05, 4.69) is 4.98 Å². The highest BCUT2D eigenvalue weighted by Crippen LogP contribution is 2.30.